The van der Waals surface area contributed by atoms with Gasteiger partial charge in [0.05, 0.1) is 24.9 Å². The van der Waals surface area contributed by atoms with Gasteiger partial charge in [-0.2, -0.15) is 5.10 Å². The number of nitrogens with one attached hydrogen (secondary N) is 1. The Morgan fingerprint density at radius 3 is 2.80 bits per heavy atom. The summed E-state index contributed by atoms with van der Waals surface area (Å²) in [4.78, 5) is 30.6. The van der Waals surface area contributed by atoms with Crippen molar-refractivity contribution in [2.75, 3.05) is 14.2 Å². The van der Waals surface area contributed by atoms with Crippen LogP contribution >= 0.6 is 0 Å². The smallest absolute Gasteiger partial charge is 0.257 e. The molecule has 2 amide bonds. The van der Waals surface area contributed by atoms with Crippen LogP contribution in [0, 0.1) is 0 Å². The van der Waals surface area contributed by atoms with Gasteiger partial charge in [-0.3, -0.25) is 14.3 Å². The van der Waals surface area contributed by atoms with E-state index in [1.54, 1.807) is 41.2 Å². The summed E-state index contributed by atoms with van der Waals surface area (Å²) in [7, 11) is 5.05. The molecule has 1 aliphatic heterocycles. The lowest BCUT2D eigenvalue weighted by Gasteiger charge is -2.39. The van der Waals surface area contributed by atoms with Crippen LogP contribution in [0.25, 0.3) is 0 Å². The Kier molecular flexibility index (Phi) is 4.69. The highest BCUT2D eigenvalue weighted by atomic mass is 16.5. The van der Waals surface area contributed by atoms with Crippen LogP contribution in [-0.2, 0) is 11.8 Å². The number of aryl methyl sites for hydroxylation is 1. The summed E-state index contributed by atoms with van der Waals surface area (Å²) in [5, 5.41) is 7.22. The van der Waals surface area contributed by atoms with Gasteiger partial charge in [-0.05, 0) is 24.6 Å². The first-order valence-corrected chi connectivity index (χ1v) is 8.06. The number of amides is 2. The molecule has 132 valence electrons. The zero-order valence-corrected chi connectivity index (χ0v) is 14.5. The molecule has 1 aliphatic rings. The van der Waals surface area contributed by atoms with Gasteiger partial charge in [-0.1, -0.05) is 0 Å². The summed E-state index contributed by atoms with van der Waals surface area (Å²) >= 11 is 0. The quantitative estimate of drug-likeness (QED) is 0.891. The molecule has 0 unspecified atom stereocenters. The van der Waals surface area contributed by atoms with Gasteiger partial charge in [0.15, 0.2) is 0 Å². The van der Waals surface area contributed by atoms with Crippen LogP contribution in [-0.4, -0.2) is 51.7 Å². The lowest BCUT2D eigenvalue weighted by atomic mass is 9.93. The Bertz CT molecular complexity index is 788. The summed E-state index contributed by atoms with van der Waals surface area (Å²) < 4.78 is 6.89. The van der Waals surface area contributed by atoms with E-state index in [4.69, 9.17) is 4.74 Å². The summed E-state index contributed by atoms with van der Waals surface area (Å²) in [6.07, 6.45) is 4.21. The van der Waals surface area contributed by atoms with Crippen molar-refractivity contribution in [1.82, 2.24) is 25.0 Å². The molecule has 3 heterocycles. The molecule has 8 heteroatoms. The fourth-order valence-electron chi connectivity index (χ4n) is 3.24. The van der Waals surface area contributed by atoms with Gasteiger partial charge >= 0.3 is 0 Å². The fourth-order valence-corrected chi connectivity index (χ4v) is 3.24. The number of likely N-dealkylation sites (tertiary alicyclic amines) is 1. The van der Waals surface area contributed by atoms with Crippen molar-refractivity contribution in [3.63, 3.8) is 0 Å². The minimum Gasteiger partial charge on any atom is -0.480 e. The summed E-state index contributed by atoms with van der Waals surface area (Å²) in [5.74, 6) is 0.0536. The lowest BCUT2D eigenvalue weighted by Crippen LogP contribution is -2.51. The maximum absolute atomic E-state index is 12.7. The van der Waals surface area contributed by atoms with E-state index < -0.39 is 0 Å². The standard InChI is InChI=1S/C17H21N5O3/c1-21-14(23)7-6-12(15(21)13-8-10-19-22(13)2)20-16(24)11-5-4-9-18-17(11)25-3/h4-5,8-10,12,15H,6-7H2,1-3H3,(H,20,24)/t12-,15-/m1/s1. The largest absolute Gasteiger partial charge is 0.480 e. The number of pyridine rings is 1. The highest BCUT2D eigenvalue weighted by Gasteiger charge is 2.37. The number of rotatable bonds is 4. The van der Waals surface area contributed by atoms with Crippen LogP contribution in [0.3, 0.4) is 0 Å². The van der Waals surface area contributed by atoms with Gasteiger partial charge < -0.3 is 15.0 Å². The average Bonchev–Trinajstić information content (AvgIpc) is 3.04. The maximum atomic E-state index is 12.7. The number of carbonyl (C=O) groups is 2. The molecule has 0 bridgehead atoms. The predicted molar refractivity (Wildman–Crippen MR) is 90.0 cm³/mol. The molecule has 0 saturated carbocycles. The van der Waals surface area contributed by atoms with Crippen molar-refractivity contribution in [1.29, 1.82) is 0 Å². The average molecular weight is 343 g/mol. The third kappa shape index (κ3) is 3.19. The third-order valence-electron chi connectivity index (χ3n) is 4.55. The first-order chi connectivity index (χ1) is 12.0. The van der Waals surface area contributed by atoms with Crippen LogP contribution in [0.4, 0.5) is 0 Å². The van der Waals surface area contributed by atoms with E-state index in [0.717, 1.165) is 5.69 Å². The molecular weight excluding hydrogens is 322 g/mol. The van der Waals surface area contributed by atoms with Gasteiger partial charge in [0, 0.05) is 32.9 Å². The summed E-state index contributed by atoms with van der Waals surface area (Å²) in [5.41, 5.74) is 1.24. The molecular formula is C17H21N5O3. The minimum atomic E-state index is -0.277. The molecule has 0 aliphatic carbocycles. The molecule has 1 saturated heterocycles. The molecule has 2 atom stereocenters. The molecule has 0 radical (unpaired) electrons. The fraction of sp³-hybridized carbons (Fsp3) is 0.412. The Labute approximate surface area is 145 Å². The monoisotopic (exact) mass is 343 g/mol. The zero-order valence-electron chi connectivity index (χ0n) is 14.5. The third-order valence-corrected chi connectivity index (χ3v) is 4.55. The lowest BCUT2D eigenvalue weighted by molar-refractivity contribution is -0.136. The highest BCUT2D eigenvalue weighted by Crippen LogP contribution is 2.31. The van der Waals surface area contributed by atoms with Crippen LogP contribution in [0.5, 0.6) is 5.88 Å². The predicted octanol–water partition coefficient (Wildman–Crippen LogP) is 0.916. The van der Waals surface area contributed by atoms with E-state index in [-0.39, 0.29) is 29.8 Å². The van der Waals surface area contributed by atoms with E-state index in [1.165, 1.54) is 7.11 Å². The minimum absolute atomic E-state index is 0.0515. The van der Waals surface area contributed by atoms with E-state index in [2.05, 4.69) is 15.4 Å². The van der Waals surface area contributed by atoms with Crippen LogP contribution < -0.4 is 10.1 Å². The SMILES string of the molecule is COc1ncccc1C(=O)N[C@@H]1CCC(=O)N(C)[C@H]1c1ccnn1C. The van der Waals surface area contributed by atoms with Crippen molar-refractivity contribution in [2.24, 2.45) is 7.05 Å². The van der Waals surface area contributed by atoms with E-state index in [0.29, 0.717) is 18.4 Å². The second-order valence-electron chi connectivity index (χ2n) is 6.01. The second kappa shape index (κ2) is 6.92. The van der Waals surface area contributed by atoms with Gasteiger partial charge in [0.25, 0.3) is 5.91 Å². The first-order valence-electron chi connectivity index (χ1n) is 8.06. The molecule has 2 aromatic rings. The molecule has 3 rings (SSSR count). The van der Waals surface area contributed by atoms with Gasteiger partial charge in [-0.25, -0.2) is 4.98 Å². The number of likely N-dealkylation sites (N-methyl/N-ethyl adjacent to an activating group) is 1. The van der Waals surface area contributed by atoms with Crippen molar-refractivity contribution < 1.29 is 14.3 Å². The van der Waals surface area contributed by atoms with Gasteiger partial charge in [-0.15, -0.1) is 0 Å². The molecule has 1 fully saturated rings. The normalized spacial score (nSPS) is 20.4. The van der Waals surface area contributed by atoms with Crippen LogP contribution in [0.2, 0.25) is 0 Å². The number of ether oxygens (including phenoxy) is 1. The first kappa shape index (κ1) is 16.9. The number of aromatic nitrogens is 3. The van der Waals surface area contributed by atoms with Crippen molar-refractivity contribution in [3.8, 4) is 5.88 Å². The Morgan fingerprint density at radius 2 is 2.12 bits per heavy atom. The van der Waals surface area contributed by atoms with Crippen LogP contribution in [0.1, 0.15) is 34.9 Å². The van der Waals surface area contributed by atoms with Gasteiger partial charge in [0.2, 0.25) is 11.8 Å². The molecule has 0 aromatic carbocycles. The van der Waals surface area contributed by atoms with E-state index in [1.807, 2.05) is 13.1 Å². The zero-order chi connectivity index (χ0) is 18.0. The number of carbonyl (C=O) groups excluding carboxylic acids is 2. The number of methoxy groups -OCH3 is 1. The summed E-state index contributed by atoms with van der Waals surface area (Å²) in [6.45, 7) is 0. The van der Waals surface area contributed by atoms with E-state index in [9.17, 15) is 9.59 Å². The number of hydrogen-bond donors (Lipinski definition) is 1. The molecule has 0 spiro atoms. The Morgan fingerprint density at radius 1 is 1.32 bits per heavy atom. The maximum Gasteiger partial charge on any atom is 0.257 e. The number of piperidine rings is 1. The molecule has 25 heavy (non-hydrogen) atoms. The van der Waals surface area contributed by atoms with Crippen LogP contribution in [0.15, 0.2) is 30.6 Å². The number of nitrogens with zero attached hydrogens (tertiary/aromatic N) is 4. The summed E-state index contributed by atoms with van der Waals surface area (Å²) in [6, 6.07) is 4.71. The molecule has 8 nitrogen and oxygen atoms in total. The Balaban J connectivity index is 1.88. The van der Waals surface area contributed by atoms with Crippen molar-refractivity contribution in [3.05, 3.63) is 41.9 Å². The van der Waals surface area contributed by atoms with E-state index >= 15 is 0 Å². The molecule has 2 aromatic heterocycles. The second-order valence-corrected chi connectivity index (χ2v) is 6.01. The topological polar surface area (TPSA) is 89.3 Å². The van der Waals surface area contributed by atoms with Crippen molar-refractivity contribution >= 4 is 11.8 Å². The van der Waals surface area contributed by atoms with Crippen molar-refractivity contribution in [2.45, 2.75) is 24.9 Å². The Hall–Kier alpha value is -2.90. The van der Waals surface area contributed by atoms with Gasteiger partial charge in [0.1, 0.15) is 5.56 Å². The molecule has 1 N–H and O–H groups in total. The number of hydrogen-bond acceptors (Lipinski definition) is 5. The highest BCUT2D eigenvalue weighted by molar-refractivity contribution is 5.96.